The molecule has 3 aromatic rings. The zero-order valence-corrected chi connectivity index (χ0v) is 16.6. The Balaban J connectivity index is 1.48. The monoisotopic (exact) mass is 402 g/mol. The van der Waals surface area contributed by atoms with Gasteiger partial charge in [-0.1, -0.05) is 35.9 Å². The molecule has 0 fully saturated rings. The molecular formula is C24H22N2O4. The van der Waals surface area contributed by atoms with Gasteiger partial charge >= 0.3 is 0 Å². The standard InChI is InChI=1S/C24H22N2O4/c1-17-7-9-18(10-8-17)24(28)25-19-11-12-22-21(15-19)26(23(27)16-30-22)13-14-29-20-5-3-2-4-6-20/h2-12,15H,13-14,16H2,1H3,(H,25,28). The minimum Gasteiger partial charge on any atom is -0.492 e. The lowest BCUT2D eigenvalue weighted by Gasteiger charge is -2.29. The Morgan fingerprint density at radius 3 is 2.60 bits per heavy atom. The maximum atomic E-state index is 12.5. The molecule has 6 nitrogen and oxygen atoms in total. The molecule has 0 aliphatic carbocycles. The smallest absolute Gasteiger partial charge is 0.265 e. The molecule has 0 saturated heterocycles. The maximum absolute atomic E-state index is 12.5. The fourth-order valence-corrected chi connectivity index (χ4v) is 3.20. The molecule has 4 rings (SSSR count). The summed E-state index contributed by atoms with van der Waals surface area (Å²) in [4.78, 5) is 26.6. The van der Waals surface area contributed by atoms with Gasteiger partial charge in [-0.05, 0) is 49.4 Å². The van der Waals surface area contributed by atoms with E-state index in [2.05, 4.69) is 5.32 Å². The van der Waals surface area contributed by atoms with Gasteiger partial charge in [0.25, 0.3) is 11.8 Å². The van der Waals surface area contributed by atoms with Gasteiger partial charge < -0.3 is 19.7 Å². The highest BCUT2D eigenvalue weighted by molar-refractivity contribution is 6.05. The van der Waals surface area contributed by atoms with Crippen LogP contribution in [0.5, 0.6) is 11.5 Å². The van der Waals surface area contributed by atoms with Gasteiger partial charge in [-0.25, -0.2) is 0 Å². The first-order chi connectivity index (χ1) is 14.6. The molecule has 0 aromatic heterocycles. The van der Waals surface area contributed by atoms with Crippen molar-refractivity contribution in [1.29, 1.82) is 0 Å². The van der Waals surface area contributed by atoms with E-state index in [0.29, 0.717) is 35.8 Å². The third-order valence-electron chi connectivity index (χ3n) is 4.80. The van der Waals surface area contributed by atoms with Crippen molar-refractivity contribution in [3.63, 3.8) is 0 Å². The number of hydrogen-bond donors (Lipinski definition) is 1. The molecule has 0 bridgehead atoms. The summed E-state index contributed by atoms with van der Waals surface area (Å²) in [6.45, 7) is 2.67. The summed E-state index contributed by atoms with van der Waals surface area (Å²) < 4.78 is 11.3. The number of amides is 2. The average molecular weight is 402 g/mol. The van der Waals surface area contributed by atoms with Gasteiger partial charge in [-0.3, -0.25) is 9.59 Å². The number of rotatable bonds is 6. The fourth-order valence-electron chi connectivity index (χ4n) is 3.20. The molecule has 0 unspecified atom stereocenters. The van der Waals surface area contributed by atoms with Gasteiger partial charge in [0, 0.05) is 11.3 Å². The number of anilines is 2. The summed E-state index contributed by atoms with van der Waals surface area (Å²) in [5, 5.41) is 2.88. The second-order valence-corrected chi connectivity index (χ2v) is 7.00. The number of nitrogens with zero attached hydrogens (tertiary/aromatic N) is 1. The van der Waals surface area contributed by atoms with Crippen molar-refractivity contribution in [1.82, 2.24) is 0 Å². The van der Waals surface area contributed by atoms with Crippen LogP contribution in [0, 0.1) is 6.92 Å². The van der Waals surface area contributed by atoms with E-state index in [4.69, 9.17) is 9.47 Å². The number of benzene rings is 3. The molecule has 0 atom stereocenters. The van der Waals surface area contributed by atoms with E-state index < -0.39 is 0 Å². The van der Waals surface area contributed by atoms with E-state index >= 15 is 0 Å². The third kappa shape index (κ3) is 4.43. The van der Waals surface area contributed by atoms with Crippen molar-refractivity contribution in [2.24, 2.45) is 0 Å². The minimum absolute atomic E-state index is 0.0204. The van der Waals surface area contributed by atoms with Crippen LogP contribution in [0.25, 0.3) is 0 Å². The fraction of sp³-hybridized carbons (Fsp3) is 0.167. The van der Waals surface area contributed by atoms with Gasteiger partial charge in [0.2, 0.25) is 0 Å². The van der Waals surface area contributed by atoms with Gasteiger partial charge in [-0.15, -0.1) is 0 Å². The molecule has 0 radical (unpaired) electrons. The van der Waals surface area contributed by atoms with Crippen LogP contribution in [0.15, 0.2) is 72.8 Å². The summed E-state index contributed by atoms with van der Waals surface area (Å²) in [6, 6.07) is 22.1. The van der Waals surface area contributed by atoms with Crippen molar-refractivity contribution in [2.45, 2.75) is 6.92 Å². The van der Waals surface area contributed by atoms with Crippen LogP contribution < -0.4 is 19.7 Å². The molecule has 152 valence electrons. The highest BCUT2D eigenvalue weighted by atomic mass is 16.5. The first-order valence-electron chi connectivity index (χ1n) is 9.73. The van der Waals surface area contributed by atoms with Crippen molar-refractivity contribution < 1.29 is 19.1 Å². The maximum Gasteiger partial charge on any atom is 0.265 e. The summed E-state index contributed by atoms with van der Waals surface area (Å²) >= 11 is 0. The minimum atomic E-state index is -0.211. The number of para-hydroxylation sites is 1. The second kappa shape index (κ2) is 8.69. The van der Waals surface area contributed by atoms with Crippen LogP contribution in [-0.2, 0) is 4.79 Å². The molecule has 2 amide bonds. The van der Waals surface area contributed by atoms with Crippen LogP contribution in [0.2, 0.25) is 0 Å². The van der Waals surface area contributed by atoms with Gasteiger partial charge in [-0.2, -0.15) is 0 Å². The van der Waals surface area contributed by atoms with Gasteiger partial charge in [0.15, 0.2) is 6.61 Å². The number of carbonyl (C=O) groups excluding carboxylic acids is 2. The molecule has 1 heterocycles. The van der Waals surface area contributed by atoms with Crippen molar-refractivity contribution in [3.05, 3.63) is 83.9 Å². The summed E-state index contributed by atoms with van der Waals surface area (Å²) in [5.41, 5.74) is 2.86. The number of fused-ring (bicyclic) bond motifs is 1. The van der Waals surface area contributed by atoms with E-state index in [9.17, 15) is 9.59 Å². The Morgan fingerprint density at radius 2 is 1.83 bits per heavy atom. The van der Waals surface area contributed by atoms with Crippen LogP contribution in [-0.4, -0.2) is 31.6 Å². The largest absolute Gasteiger partial charge is 0.492 e. The summed E-state index contributed by atoms with van der Waals surface area (Å²) in [7, 11) is 0. The number of hydrogen-bond acceptors (Lipinski definition) is 4. The van der Waals surface area contributed by atoms with Crippen molar-refractivity contribution in [3.8, 4) is 11.5 Å². The van der Waals surface area contributed by atoms with E-state index in [0.717, 1.165) is 11.3 Å². The first-order valence-corrected chi connectivity index (χ1v) is 9.73. The molecule has 3 aromatic carbocycles. The quantitative estimate of drug-likeness (QED) is 0.675. The van der Waals surface area contributed by atoms with Crippen LogP contribution in [0.3, 0.4) is 0 Å². The lowest BCUT2D eigenvalue weighted by Crippen LogP contribution is -2.41. The Hall–Kier alpha value is -3.80. The summed E-state index contributed by atoms with van der Waals surface area (Å²) in [6.07, 6.45) is 0. The van der Waals surface area contributed by atoms with Crippen LogP contribution in [0.1, 0.15) is 15.9 Å². The highest BCUT2D eigenvalue weighted by Gasteiger charge is 2.26. The molecule has 1 N–H and O–H groups in total. The molecular weight excluding hydrogens is 380 g/mol. The number of aryl methyl sites for hydroxylation is 1. The SMILES string of the molecule is Cc1ccc(C(=O)Nc2ccc3c(c2)N(CCOc2ccccc2)C(=O)CO3)cc1. The average Bonchev–Trinajstić information content (AvgIpc) is 2.76. The predicted octanol–water partition coefficient (Wildman–Crippen LogP) is 4.05. The molecule has 0 spiro atoms. The van der Waals surface area contributed by atoms with Crippen molar-refractivity contribution in [2.75, 3.05) is 30.0 Å². The molecule has 6 heteroatoms. The Labute approximate surface area is 175 Å². The first kappa shape index (κ1) is 19.5. The van der Waals surface area contributed by atoms with Crippen molar-refractivity contribution >= 4 is 23.2 Å². The Kier molecular flexibility index (Phi) is 5.66. The zero-order chi connectivity index (χ0) is 20.9. The third-order valence-corrected chi connectivity index (χ3v) is 4.80. The van der Waals surface area contributed by atoms with Gasteiger partial charge in [0.1, 0.15) is 18.1 Å². The van der Waals surface area contributed by atoms with E-state index in [-0.39, 0.29) is 18.4 Å². The number of carbonyl (C=O) groups is 2. The summed E-state index contributed by atoms with van der Waals surface area (Å²) in [5.74, 6) is 0.985. The Bertz CT molecular complexity index is 1050. The molecule has 1 aliphatic rings. The number of ether oxygens (including phenoxy) is 2. The van der Waals surface area contributed by atoms with E-state index in [1.54, 1.807) is 35.2 Å². The highest BCUT2D eigenvalue weighted by Crippen LogP contribution is 2.34. The Morgan fingerprint density at radius 1 is 1.07 bits per heavy atom. The molecule has 0 saturated carbocycles. The van der Waals surface area contributed by atoms with Crippen LogP contribution >= 0.6 is 0 Å². The van der Waals surface area contributed by atoms with Gasteiger partial charge in [0.05, 0.1) is 12.2 Å². The lowest BCUT2D eigenvalue weighted by molar-refractivity contribution is -0.121. The number of nitrogens with one attached hydrogen (secondary N) is 1. The lowest BCUT2D eigenvalue weighted by atomic mass is 10.1. The molecule has 30 heavy (non-hydrogen) atoms. The predicted molar refractivity (Wildman–Crippen MR) is 115 cm³/mol. The second-order valence-electron chi connectivity index (χ2n) is 7.00. The van der Waals surface area contributed by atoms with Crippen LogP contribution in [0.4, 0.5) is 11.4 Å². The topological polar surface area (TPSA) is 67.9 Å². The zero-order valence-electron chi connectivity index (χ0n) is 16.6. The van der Waals surface area contributed by atoms with E-state index in [1.165, 1.54) is 0 Å². The van der Waals surface area contributed by atoms with E-state index in [1.807, 2.05) is 49.4 Å². The normalized spacial score (nSPS) is 12.7. The molecule has 1 aliphatic heterocycles.